The minimum atomic E-state index is 0.374. The van der Waals surface area contributed by atoms with Crippen LogP contribution in [0.15, 0.2) is 6.20 Å². The van der Waals surface area contributed by atoms with E-state index in [-0.39, 0.29) is 0 Å². The maximum absolute atomic E-state index is 6.24. The van der Waals surface area contributed by atoms with Gasteiger partial charge in [0, 0.05) is 19.1 Å². The fourth-order valence-corrected chi connectivity index (χ4v) is 2.76. The maximum atomic E-state index is 6.24. The first kappa shape index (κ1) is 11.7. The number of nitrogens with zero attached hydrogens (tertiary/aromatic N) is 3. The second kappa shape index (κ2) is 4.40. The van der Waals surface area contributed by atoms with Crippen LogP contribution in [0.25, 0.3) is 5.52 Å². The van der Waals surface area contributed by atoms with E-state index in [0.717, 1.165) is 43.1 Å². The van der Waals surface area contributed by atoms with Gasteiger partial charge in [-0.05, 0) is 19.8 Å². The van der Waals surface area contributed by atoms with Gasteiger partial charge in [0.1, 0.15) is 22.3 Å². The van der Waals surface area contributed by atoms with E-state index in [2.05, 4.69) is 9.97 Å². The number of nitrogens with two attached hydrogens (primary N) is 1. The van der Waals surface area contributed by atoms with E-state index in [9.17, 15) is 0 Å². The Labute approximate surface area is 110 Å². The second-order valence-corrected chi connectivity index (χ2v) is 4.98. The lowest BCUT2D eigenvalue weighted by atomic mass is 10.00. The van der Waals surface area contributed by atoms with Crippen molar-refractivity contribution in [2.45, 2.75) is 25.7 Å². The number of hydrogen-bond donors (Lipinski definition) is 1. The molecule has 1 aliphatic rings. The van der Waals surface area contributed by atoms with E-state index in [1.165, 1.54) is 0 Å². The molecular formula is C12H15ClN4O. The van der Waals surface area contributed by atoms with E-state index in [1.807, 2.05) is 11.3 Å². The molecule has 0 aromatic carbocycles. The highest BCUT2D eigenvalue weighted by Crippen LogP contribution is 2.31. The summed E-state index contributed by atoms with van der Waals surface area (Å²) >= 11 is 6.24. The van der Waals surface area contributed by atoms with Gasteiger partial charge >= 0.3 is 0 Å². The van der Waals surface area contributed by atoms with Crippen LogP contribution < -0.4 is 5.73 Å². The number of anilines is 1. The van der Waals surface area contributed by atoms with Gasteiger partial charge < -0.3 is 10.5 Å². The van der Waals surface area contributed by atoms with Crippen molar-refractivity contribution in [3.8, 4) is 0 Å². The number of aromatic nitrogens is 3. The zero-order valence-corrected chi connectivity index (χ0v) is 10.9. The van der Waals surface area contributed by atoms with Crippen LogP contribution in [0.3, 0.4) is 0 Å². The second-order valence-electron chi connectivity index (χ2n) is 4.59. The number of rotatable bonds is 1. The molecule has 0 aliphatic carbocycles. The Bertz CT molecular complexity index is 589. The summed E-state index contributed by atoms with van der Waals surface area (Å²) in [6.07, 6.45) is 3.52. The van der Waals surface area contributed by atoms with Crippen LogP contribution >= 0.6 is 11.6 Å². The molecule has 0 spiro atoms. The third-order valence-corrected chi connectivity index (χ3v) is 3.70. The van der Waals surface area contributed by atoms with E-state index >= 15 is 0 Å². The molecule has 18 heavy (non-hydrogen) atoms. The molecular weight excluding hydrogens is 252 g/mol. The Morgan fingerprint density at radius 3 is 2.89 bits per heavy atom. The fraction of sp³-hybridized carbons (Fsp3) is 0.500. The fourth-order valence-electron chi connectivity index (χ4n) is 2.54. The summed E-state index contributed by atoms with van der Waals surface area (Å²) in [5.41, 5.74) is 7.62. The molecule has 3 heterocycles. The summed E-state index contributed by atoms with van der Waals surface area (Å²) < 4.78 is 7.31. The van der Waals surface area contributed by atoms with Crippen molar-refractivity contribution >= 4 is 22.9 Å². The molecule has 5 nitrogen and oxygen atoms in total. The van der Waals surface area contributed by atoms with Crippen molar-refractivity contribution in [3.63, 3.8) is 0 Å². The summed E-state index contributed by atoms with van der Waals surface area (Å²) in [7, 11) is 0. The monoisotopic (exact) mass is 266 g/mol. The van der Waals surface area contributed by atoms with E-state index in [4.69, 9.17) is 22.1 Å². The number of ether oxygens (including phenoxy) is 1. The number of fused-ring (bicyclic) bond motifs is 1. The summed E-state index contributed by atoms with van der Waals surface area (Å²) in [5, 5.41) is 0.557. The zero-order valence-electron chi connectivity index (χ0n) is 10.2. The average Bonchev–Trinajstić information content (AvgIpc) is 2.74. The third-order valence-electron chi connectivity index (χ3n) is 3.43. The van der Waals surface area contributed by atoms with Gasteiger partial charge in [0.15, 0.2) is 0 Å². The van der Waals surface area contributed by atoms with Gasteiger partial charge in [-0.3, -0.25) is 4.40 Å². The zero-order chi connectivity index (χ0) is 12.7. The maximum Gasteiger partial charge on any atom is 0.149 e. The molecule has 0 amide bonds. The molecule has 0 unspecified atom stereocenters. The van der Waals surface area contributed by atoms with Crippen LogP contribution in [0.1, 0.15) is 30.3 Å². The molecule has 3 rings (SSSR count). The highest BCUT2D eigenvalue weighted by atomic mass is 35.5. The molecule has 96 valence electrons. The number of hydrogen-bond acceptors (Lipinski definition) is 4. The lowest BCUT2D eigenvalue weighted by Gasteiger charge is -2.21. The SMILES string of the molecule is Cc1nc(C2CCOCC2)n2c(Cl)cnc(N)c12. The molecule has 1 saturated heterocycles. The lowest BCUT2D eigenvalue weighted by Crippen LogP contribution is -2.16. The number of imidazole rings is 1. The highest BCUT2D eigenvalue weighted by Gasteiger charge is 2.23. The summed E-state index contributed by atoms with van der Waals surface area (Å²) in [5.74, 6) is 1.83. The molecule has 0 bridgehead atoms. The topological polar surface area (TPSA) is 65.4 Å². The molecule has 0 saturated carbocycles. The summed E-state index contributed by atoms with van der Waals surface area (Å²) in [6, 6.07) is 0. The minimum absolute atomic E-state index is 0.374. The van der Waals surface area contributed by atoms with Crippen molar-refractivity contribution in [1.82, 2.24) is 14.4 Å². The summed E-state index contributed by atoms with van der Waals surface area (Å²) in [6.45, 7) is 3.49. The number of aryl methyl sites for hydroxylation is 1. The van der Waals surface area contributed by atoms with Crippen molar-refractivity contribution in [2.24, 2.45) is 0 Å². The molecule has 2 aromatic rings. The van der Waals surface area contributed by atoms with Gasteiger partial charge in [0.25, 0.3) is 0 Å². The first-order valence-electron chi connectivity index (χ1n) is 6.05. The average molecular weight is 267 g/mol. The van der Waals surface area contributed by atoms with Crippen molar-refractivity contribution in [1.29, 1.82) is 0 Å². The van der Waals surface area contributed by atoms with Crippen LogP contribution in [-0.2, 0) is 4.74 Å². The molecule has 2 N–H and O–H groups in total. The molecule has 1 aliphatic heterocycles. The van der Waals surface area contributed by atoms with Gasteiger partial charge in [-0.25, -0.2) is 9.97 Å². The molecule has 0 atom stereocenters. The predicted molar refractivity (Wildman–Crippen MR) is 69.9 cm³/mol. The van der Waals surface area contributed by atoms with Crippen LogP contribution in [0.5, 0.6) is 0 Å². The normalized spacial score (nSPS) is 17.4. The van der Waals surface area contributed by atoms with E-state index in [1.54, 1.807) is 6.20 Å². The van der Waals surface area contributed by atoms with Gasteiger partial charge in [-0.1, -0.05) is 11.6 Å². The highest BCUT2D eigenvalue weighted by molar-refractivity contribution is 6.29. The Morgan fingerprint density at radius 2 is 2.17 bits per heavy atom. The quantitative estimate of drug-likeness (QED) is 0.859. The Balaban J connectivity index is 2.20. The molecule has 6 heteroatoms. The predicted octanol–water partition coefficient (Wildman–Crippen LogP) is 2.17. The smallest absolute Gasteiger partial charge is 0.149 e. The van der Waals surface area contributed by atoms with Gasteiger partial charge in [-0.15, -0.1) is 0 Å². The lowest BCUT2D eigenvalue weighted by molar-refractivity contribution is 0.0835. The molecule has 1 fully saturated rings. The van der Waals surface area contributed by atoms with Crippen LogP contribution in [0.4, 0.5) is 5.82 Å². The Hall–Kier alpha value is -1.33. The Morgan fingerprint density at radius 1 is 1.44 bits per heavy atom. The third kappa shape index (κ3) is 1.74. The largest absolute Gasteiger partial charge is 0.382 e. The molecule has 2 aromatic heterocycles. The van der Waals surface area contributed by atoms with Crippen LogP contribution in [-0.4, -0.2) is 27.6 Å². The van der Waals surface area contributed by atoms with Gasteiger partial charge in [-0.2, -0.15) is 0 Å². The standard InChI is InChI=1S/C12H15ClN4O/c1-7-10-11(14)15-6-9(13)17(10)12(16-7)8-2-4-18-5-3-8/h6,8H,2-5H2,1H3,(H2,14,15). The first-order valence-corrected chi connectivity index (χ1v) is 6.43. The number of halogens is 1. The van der Waals surface area contributed by atoms with Crippen molar-refractivity contribution < 1.29 is 4.74 Å². The van der Waals surface area contributed by atoms with Crippen molar-refractivity contribution in [2.75, 3.05) is 18.9 Å². The van der Waals surface area contributed by atoms with Gasteiger partial charge in [0.2, 0.25) is 0 Å². The van der Waals surface area contributed by atoms with Gasteiger partial charge in [0.05, 0.1) is 11.9 Å². The summed E-state index contributed by atoms with van der Waals surface area (Å²) in [4.78, 5) is 8.72. The van der Waals surface area contributed by atoms with E-state index < -0.39 is 0 Å². The minimum Gasteiger partial charge on any atom is -0.382 e. The van der Waals surface area contributed by atoms with Crippen LogP contribution in [0, 0.1) is 6.92 Å². The van der Waals surface area contributed by atoms with Crippen LogP contribution in [0.2, 0.25) is 5.15 Å². The van der Waals surface area contributed by atoms with E-state index in [0.29, 0.717) is 16.9 Å². The Kier molecular flexibility index (Phi) is 2.87. The van der Waals surface area contributed by atoms with Crippen molar-refractivity contribution in [3.05, 3.63) is 22.9 Å². The molecule has 0 radical (unpaired) electrons. The number of nitrogen functional groups attached to an aromatic ring is 1. The first-order chi connectivity index (χ1) is 8.68.